The highest BCUT2D eigenvalue weighted by Gasteiger charge is 2.39. The van der Waals surface area contributed by atoms with E-state index < -0.39 is 0 Å². The largest absolute Gasteiger partial charge is 0.354 e. The van der Waals surface area contributed by atoms with Crippen molar-refractivity contribution in [3.8, 4) is 12.3 Å². The topological polar surface area (TPSA) is 70.0 Å². The number of aromatic nitrogens is 1. The molecular formula is C17H21N5O. The summed E-state index contributed by atoms with van der Waals surface area (Å²) in [6.07, 6.45) is 10.5. The maximum absolute atomic E-state index is 12.1. The van der Waals surface area contributed by atoms with Crippen LogP contribution in [0, 0.1) is 12.3 Å². The van der Waals surface area contributed by atoms with Crippen LogP contribution in [0.3, 0.4) is 0 Å². The van der Waals surface area contributed by atoms with Gasteiger partial charge >= 0.3 is 0 Å². The molecule has 0 bridgehead atoms. The number of amides is 1. The Kier molecular flexibility index (Phi) is 4.56. The molecule has 3 heterocycles. The van der Waals surface area contributed by atoms with Crippen LogP contribution >= 0.6 is 0 Å². The lowest BCUT2D eigenvalue weighted by Gasteiger charge is -2.18. The smallest absolute Gasteiger partial charge is 0.220 e. The van der Waals surface area contributed by atoms with Crippen LogP contribution in [-0.2, 0) is 4.79 Å². The Hall–Kier alpha value is -2.42. The number of hydrogen-bond acceptors (Lipinski definition) is 5. The Labute approximate surface area is 136 Å². The van der Waals surface area contributed by atoms with E-state index in [1.165, 1.54) is 0 Å². The molecule has 0 aromatic carbocycles. The molecule has 1 fully saturated rings. The average Bonchev–Trinajstić information content (AvgIpc) is 3.21. The van der Waals surface area contributed by atoms with Gasteiger partial charge in [-0.2, -0.15) is 10.2 Å². The first-order valence-corrected chi connectivity index (χ1v) is 8.04. The summed E-state index contributed by atoms with van der Waals surface area (Å²) in [7, 11) is 0. The lowest BCUT2D eigenvalue weighted by atomic mass is 10.0. The van der Waals surface area contributed by atoms with Crippen molar-refractivity contribution in [2.24, 2.45) is 10.2 Å². The van der Waals surface area contributed by atoms with Crippen molar-refractivity contribution in [2.45, 2.75) is 43.8 Å². The van der Waals surface area contributed by atoms with Crippen LogP contribution in [0.1, 0.15) is 32.1 Å². The Morgan fingerprint density at radius 2 is 2.30 bits per heavy atom. The molecule has 0 saturated carbocycles. The van der Waals surface area contributed by atoms with Gasteiger partial charge in [-0.05, 0) is 18.6 Å². The molecule has 0 radical (unpaired) electrons. The maximum Gasteiger partial charge on any atom is 0.220 e. The van der Waals surface area contributed by atoms with Crippen molar-refractivity contribution in [1.29, 1.82) is 0 Å². The molecule has 23 heavy (non-hydrogen) atoms. The van der Waals surface area contributed by atoms with Gasteiger partial charge in [-0.1, -0.05) is 6.07 Å². The molecule has 1 unspecified atom stereocenters. The van der Waals surface area contributed by atoms with Gasteiger partial charge in [0.15, 0.2) is 5.66 Å². The van der Waals surface area contributed by atoms with E-state index in [9.17, 15) is 4.79 Å². The molecule has 1 saturated heterocycles. The first-order valence-electron chi connectivity index (χ1n) is 8.04. The minimum absolute atomic E-state index is 0.0650. The SMILES string of the molecule is C#CCCC1(CCC(=O)NC2CCN(c3ccccn3)C2)N=N1. The van der Waals surface area contributed by atoms with Crippen molar-refractivity contribution in [3.05, 3.63) is 24.4 Å². The highest BCUT2D eigenvalue weighted by atomic mass is 16.1. The van der Waals surface area contributed by atoms with Crippen LogP contribution < -0.4 is 10.2 Å². The van der Waals surface area contributed by atoms with Crippen molar-refractivity contribution in [3.63, 3.8) is 0 Å². The van der Waals surface area contributed by atoms with Crippen LogP contribution in [0.25, 0.3) is 0 Å². The third kappa shape index (κ3) is 4.07. The van der Waals surface area contributed by atoms with Crippen molar-refractivity contribution in [1.82, 2.24) is 10.3 Å². The summed E-state index contributed by atoms with van der Waals surface area (Å²) in [4.78, 5) is 18.7. The van der Waals surface area contributed by atoms with Gasteiger partial charge < -0.3 is 10.2 Å². The molecule has 1 atom stereocenters. The van der Waals surface area contributed by atoms with E-state index in [-0.39, 0.29) is 17.6 Å². The van der Waals surface area contributed by atoms with Crippen LogP contribution in [-0.4, -0.2) is 35.7 Å². The molecule has 1 N–H and O–H groups in total. The highest BCUT2D eigenvalue weighted by Crippen LogP contribution is 2.37. The maximum atomic E-state index is 12.1. The summed E-state index contributed by atoms with van der Waals surface area (Å²) in [5, 5.41) is 11.2. The van der Waals surface area contributed by atoms with Crippen LogP contribution in [0.4, 0.5) is 5.82 Å². The Morgan fingerprint density at radius 1 is 1.43 bits per heavy atom. The summed E-state index contributed by atoms with van der Waals surface area (Å²) >= 11 is 0. The molecule has 2 aliphatic heterocycles. The van der Waals surface area contributed by atoms with Crippen molar-refractivity contribution in [2.75, 3.05) is 18.0 Å². The second kappa shape index (κ2) is 6.78. The monoisotopic (exact) mass is 311 g/mol. The molecule has 0 aliphatic carbocycles. The van der Waals surface area contributed by atoms with E-state index in [2.05, 4.69) is 31.3 Å². The van der Waals surface area contributed by atoms with Gasteiger partial charge in [-0.25, -0.2) is 4.98 Å². The predicted octanol–water partition coefficient (Wildman–Crippen LogP) is 2.13. The molecule has 1 amide bonds. The minimum atomic E-state index is -0.376. The minimum Gasteiger partial charge on any atom is -0.354 e. The highest BCUT2D eigenvalue weighted by molar-refractivity contribution is 5.76. The normalized spacial score (nSPS) is 21.0. The van der Waals surface area contributed by atoms with E-state index in [4.69, 9.17) is 6.42 Å². The average molecular weight is 311 g/mol. The molecule has 1 aromatic rings. The number of nitrogens with one attached hydrogen (secondary N) is 1. The Bertz CT molecular complexity index is 616. The fraction of sp³-hybridized carbons (Fsp3) is 0.529. The number of anilines is 1. The summed E-state index contributed by atoms with van der Waals surface area (Å²) < 4.78 is 0. The quantitative estimate of drug-likeness (QED) is 0.784. The second-order valence-electron chi connectivity index (χ2n) is 6.07. The zero-order chi connectivity index (χ0) is 16.1. The standard InChI is InChI=1S/C17H21N5O/c1-2-3-9-17(20-21-17)10-7-16(23)19-14-8-12-22(13-14)15-6-4-5-11-18-15/h1,4-6,11,14H,3,7-10,12-13H2,(H,19,23). The predicted molar refractivity (Wildman–Crippen MR) is 87.9 cm³/mol. The molecule has 6 heteroatoms. The van der Waals surface area contributed by atoms with E-state index in [1.807, 2.05) is 18.2 Å². The first kappa shape index (κ1) is 15.5. The molecule has 2 aliphatic rings. The molecular weight excluding hydrogens is 290 g/mol. The first-order chi connectivity index (χ1) is 11.2. The fourth-order valence-electron chi connectivity index (χ4n) is 2.91. The third-order valence-electron chi connectivity index (χ3n) is 4.33. The van der Waals surface area contributed by atoms with E-state index in [1.54, 1.807) is 6.20 Å². The number of terminal acetylenes is 1. The van der Waals surface area contributed by atoms with E-state index >= 15 is 0 Å². The Balaban J connectivity index is 1.40. The molecule has 1 aromatic heterocycles. The Morgan fingerprint density at radius 3 is 3.00 bits per heavy atom. The lowest BCUT2D eigenvalue weighted by molar-refractivity contribution is -0.121. The van der Waals surface area contributed by atoms with Crippen LogP contribution in [0.2, 0.25) is 0 Å². The van der Waals surface area contributed by atoms with Gasteiger partial charge in [0.2, 0.25) is 5.91 Å². The van der Waals surface area contributed by atoms with Crippen LogP contribution in [0.5, 0.6) is 0 Å². The molecule has 3 rings (SSSR count). The van der Waals surface area contributed by atoms with Gasteiger partial charge in [0, 0.05) is 51.0 Å². The van der Waals surface area contributed by atoms with Gasteiger partial charge in [0.05, 0.1) is 0 Å². The number of carbonyl (C=O) groups excluding carboxylic acids is 1. The van der Waals surface area contributed by atoms with Gasteiger partial charge in [-0.3, -0.25) is 4.79 Å². The van der Waals surface area contributed by atoms with Gasteiger partial charge in [-0.15, -0.1) is 12.3 Å². The summed E-state index contributed by atoms with van der Waals surface area (Å²) in [5.74, 6) is 3.63. The molecule has 0 spiro atoms. The van der Waals surface area contributed by atoms with Gasteiger partial charge in [0.1, 0.15) is 5.82 Å². The number of rotatable bonds is 7. The van der Waals surface area contributed by atoms with Gasteiger partial charge in [0.25, 0.3) is 0 Å². The van der Waals surface area contributed by atoms with E-state index in [0.29, 0.717) is 19.3 Å². The summed E-state index contributed by atoms with van der Waals surface area (Å²) in [5.41, 5.74) is -0.376. The van der Waals surface area contributed by atoms with E-state index in [0.717, 1.165) is 31.7 Å². The number of hydrogen-bond donors (Lipinski definition) is 1. The summed E-state index contributed by atoms with van der Waals surface area (Å²) in [6, 6.07) is 6.06. The summed E-state index contributed by atoms with van der Waals surface area (Å²) in [6.45, 7) is 1.72. The number of pyridine rings is 1. The van der Waals surface area contributed by atoms with Crippen molar-refractivity contribution >= 4 is 11.7 Å². The molecule has 120 valence electrons. The second-order valence-corrected chi connectivity index (χ2v) is 6.07. The zero-order valence-electron chi connectivity index (χ0n) is 13.1. The lowest BCUT2D eigenvalue weighted by Crippen LogP contribution is -2.37. The number of nitrogens with zero attached hydrogens (tertiary/aromatic N) is 4. The fourth-order valence-corrected chi connectivity index (χ4v) is 2.91. The van der Waals surface area contributed by atoms with Crippen LogP contribution in [0.15, 0.2) is 34.6 Å². The third-order valence-corrected chi connectivity index (χ3v) is 4.33. The zero-order valence-corrected chi connectivity index (χ0v) is 13.1. The van der Waals surface area contributed by atoms with Crippen molar-refractivity contribution < 1.29 is 4.79 Å². The molecule has 6 nitrogen and oxygen atoms in total. The number of carbonyl (C=O) groups is 1.